The molecule has 1 fully saturated rings. The van der Waals surface area contributed by atoms with Crippen molar-refractivity contribution in [3.8, 4) is 0 Å². The van der Waals surface area contributed by atoms with E-state index in [2.05, 4.69) is 5.32 Å². The minimum Gasteiger partial charge on any atom is -0.317 e. The highest BCUT2D eigenvalue weighted by Gasteiger charge is 2.25. The van der Waals surface area contributed by atoms with Crippen LogP contribution in [0, 0.1) is 0 Å². The Bertz CT molecular complexity index is 399. The lowest BCUT2D eigenvalue weighted by Crippen LogP contribution is -2.46. The molecule has 0 atom stereocenters. The minimum absolute atomic E-state index is 0.184. The Balaban J connectivity index is 2.23. The van der Waals surface area contributed by atoms with Crippen molar-refractivity contribution in [3.05, 3.63) is 29.3 Å². The quantitative estimate of drug-likeness (QED) is 0.912. The molecule has 18 heavy (non-hydrogen) atoms. The lowest BCUT2D eigenvalue weighted by Gasteiger charge is -2.34. The number of carbonyl (C=O) groups excluding carboxylic acids is 1. The Labute approximate surface area is 113 Å². The summed E-state index contributed by atoms with van der Waals surface area (Å²) in [5, 5.41) is 4.03. The van der Waals surface area contributed by atoms with Crippen LogP contribution in [0.15, 0.2) is 24.3 Å². The number of benzene rings is 1. The number of hydrogen-bond donors (Lipinski definition) is 1. The maximum atomic E-state index is 12.2. The number of amides is 1. The molecule has 0 aromatic heterocycles. The van der Waals surface area contributed by atoms with E-state index in [0.29, 0.717) is 17.5 Å². The normalized spacial score (nSPS) is 16.6. The number of anilines is 1. The second-order valence-electron chi connectivity index (χ2n) is 4.57. The van der Waals surface area contributed by atoms with Crippen LogP contribution in [-0.2, 0) is 4.79 Å². The van der Waals surface area contributed by atoms with E-state index < -0.39 is 0 Å². The highest BCUT2D eigenvalue weighted by Crippen LogP contribution is 2.24. The SMILES string of the molecule is CCC(=O)N(c1ccc(Cl)cc1)C1CCNCC1. The highest BCUT2D eigenvalue weighted by molar-refractivity contribution is 6.30. The molecule has 1 N–H and O–H groups in total. The maximum absolute atomic E-state index is 12.2. The minimum atomic E-state index is 0.184. The summed E-state index contributed by atoms with van der Waals surface area (Å²) >= 11 is 5.90. The average molecular weight is 267 g/mol. The monoisotopic (exact) mass is 266 g/mol. The van der Waals surface area contributed by atoms with E-state index in [4.69, 9.17) is 11.6 Å². The molecule has 0 bridgehead atoms. The molecule has 1 aliphatic rings. The summed E-state index contributed by atoms with van der Waals surface area (Å²) in [4.78, 5) is 14.1. The van der Waals surface area contributed by atoms with Gasteiger partial charge in [0, 0.05) is 23.2 Å². The molecule has 1 aromatic carbocycles. The number of rotatable bonds is 3. The lowest BCUT2D eigenvalue weighted by atomic mass is 10.0. The van der Waals surface area contributed by atoms with Gasteiger partial charge in [0.1, 0.15) is 0 Å². The van der Waals surface area contributed by atoms with Gasteiger partial charge in [-0.05, 0) is 50.2 Å². The summed E-state index contributed by atoms with van der Waals surface area (Å²) in [5.74, 6) is 0.184. The Morgan fingerprint density at radius 2 is 1.94 bits per heavy atom. The third-order valence-electron chi connectivity index (χ3n) is 3.35. The fourth-order valence-corrected chi connectivity index (χ4v) is 2.52. The average Bonchev–Trinajstić information content (AvgIpc) is 2.42. The van der Waals surface area contributed by atoms with Gasteiger partial charge in [-0.1, -0.05) is 18.5 Å². The topological polar surface area (TPSA) is 32.3 Å². The van der Waals surface area contributed by atoms with Crippen molar-refractivity contribution < 1.29 is 4.79 Å². The zero-order valence-electron chi connectivity index (χ0n) is 10.7. The molecule has 1 aliphatic heterocycles. The molecule has 0 saturated carbocycles. The summed E-state index contributed by atoms with van der Waals surface area (Å²) < 4.78 is 0. The van der Waals surface area contributed by atoms with Gasteiger partial charge in [-0.15, -0.1) is 0 Å². The molecule has 3 nitrogen and oxygen atoms in total. The largest absolute Gasteiger partial charge is 0.317 e. The molecule has 1 heterocycles. The molecule has 2 rings (SSSR count). The summed E-state index contributed by atoms with van der Waals surface area (Å²) in [5.41, 5.74) is 0.957. The number of nitrogens with one attached hydrogen (secondary N) is 1. The highest BCUT2D eigenvalue weighted by atomic mass is 35.5. The van der Waals surface area contributed by atoms with Gasteiger partial charge in [0.25, 0.3) is 0 Å². The van der Waals surface area contributed by atoms with Crippen LogP contribution >= 0.6 is 11.6 Å². The van der Waals surface area contributed by atoms with Crippen molar-refractivity contribution in [2.75, 3.05) is 18.0 Å². The number of hydrogen-bond acceptors (Lipinski definition) is 2. The maximum Gasteiger partial charge on any atom is 0.226 e. The van der Waals surface area contributed by atoms with E-state index in [9.17, 15) is 4.79 Å². The molecule has 4 heteroatoms. The number of nitrogens with zero attached hydrogens (tertiary/aromatic N) is 1. The number of halogens is 1. The second-order valence-corrected chi connectivity index (χ2v) is 5.01. The predicted molar refractivity (Wildman–Crippen MR) is 75.1 cm³/mol. The van der Waals surface area contributed by atoms with Crippen molar-refractivity contribution in [3.63, 3.8) is 0 Å². The first-order valence-electron chi connectivity index (χ1n) is 6.50. The third kappa shape index (κ3) is 3.03. The van der Waals surface area contributed by atoms with Crippen LogP contribution in [0.5, 0.6) is 0 Å². The summed E-state index contributed by atoms with van der Waals surface area (Å²) in [6.45, 7) is 3.86. The van der Waals surface area contributed by atoms with Gasteiger partial charge in [-0.25, -0.2) is 0 Å². The van der Waals surface area contributed by atoms with Crippen LogP contribution in [0.3, 0.4) is 0 Å². The van der Waals surface area contributed by atoms with Gasteiger partial charge in [-0.3, -0.25) is 4.79 Å². The van der Waals surface area contributed by atoms with Crippen molar-refractivity contribution in [2.24, 2.45) is 0 Å². The fraction of sp³-hybridized carbons (Fsp3) is 0.500. The standard InChI is InChI=1S/C14H19ClN2O/c1-2-14(18)17(13-7-9-16-10-8-13)12-5-3-11(15)4-6-12/h3-6,13,16H,2,7-10H2,1H3. The molecule has 1 amide bonds. The van der Waals surface area contributed by atoms with Gasteiger partial charge < -0.3 is 10.2 Å². The van der Waals surface area contributed by atoms with Crippen molar-refractivity contribution >= 4 is 23.2 Å². The first-order chi connectivity index (χ1) is 8.72. The van der Waals surface area contributed by atoms with Crippen LogP contribution in [-0.4, -0.2) is 25.0 Å². The Morgan fingerprint density at radius 1 is 1.33 bits per heavy atom. The lowest BCUT2D eigenvalue weighted by molar-refractivity contribution is -0.118. The Morgan fingerprint density at radius 3 is 2.50 bits per heavy atom. The van der Waals surface area contributed by atoms with Gasteiger partial charge >= 0.3 is 0 Å². The van der Waals surface area contributed by atoms with Crippen LogP contribution in [0.25, 0.3) is 0 Å². The Kier molecular flexibility index (Phi) is 4.61. The van der Waals surface area contributed by atoms with Gasteiger partial charge in [0.15, 0.2) is 0 Å². The van der Waals surface area contributed by atoms with Gasteiger partial charge in [-0.2, -0.15) is 0 Å². The molecule has 98 valence electrons. The Hall–Kier alpha value is -1.06. The molecule has 0 radical (unpaired) electrons. The first-order valence-corrected chi connectivity index (χ1v) is 6.88. The van der Waals surface area contributed by atoms with Crippen LogP contribution in [0.1, 0.15) is 26.2 Å². The van der Waals surface area contributed by atoms with E-state index in [1.807, 2.05) is 36.1 Å². The van der Waals surface area contributed by atoms with E-state index in [-0.39, 0.29) is 5.91 Å². The third-order valence-corrected chi connectivity index (χ3v) is 3.60. The summed E-state index contributed by atoms with van der Waals surface area (Å²) in [7, 11) is 0. The number of piperidine rings is 1. The van der Waals surface area contributed by atoms with E-state index in [1.54, 1.807) is 0 Å². The zero-order chi connectivity index (χ0) is 13.0. The summed E-state index contributed by atoms with van der Waals surface area (Å²) in [6.07, 6.45) is 2.55. The van der Waals surface area contributed by atoms with E-state index >= 15 is 0 Å². The van der Waals surface area contributed by atoms with Crippen molar-refractivity contribution in [1.29, 1.82) is 0 Å². The summed E-state index contributed by atoms with van der Waals surface area (Å²) in [6, 6.07) is 7.84. The number of carbonyl (C=O) groups is 1. The molecule has 0 aliphatic carbocycles. The predicted octanol–water partition coefficient (Wildman–Crippen LogP) is 2.84. The first kappa shape index (κ1) is 13.4. The molecule has 1 saturated heterocycles. The van der Waals surface area contributed by atoms with Crippen LogP contribution in [0.2, 0.25) is 5.02 Å². The van der Waals surface area contributed by atoms with E-state index in [1.165, 1.54) is 0 Å². The molecule has 1 aromatic rings. The molecule has 0 unspecified atom stereocenters. The molecule has 0 spiro atoms. The fourth-order valence-electron chi connectivity index (χ4n) is 2.40. The molecular weight excluding hydrogens is 248 g/mol. The van der Waals surface area contributed by atoms with Crippen molar-refractivity contribution in [2.45, 2.75) is 32.2 Å². The molecular formula is C14H19ClN2O. The second kappa shape index (κ2) is 6.21. The van der Waals surface area contributed by atoms with Gasteiger partial charge in [0.2, 0.25) is 5.91 Å². The van der Waals surface area contributed by atoms with Crippen LogP contribution in [0.4, 0.5) is 5.69 Å². The smallest absolute Gasteiger partial charge is 0.226 e. The van der Waals surface area contributed by atoms with E-state index in [0.717, 1.165) is 31.6 Å². The van der Waals surface area contributed by atoms with Crippen LogP contribution < -0.4 is 10.2 Å². The zero-order valence-corrected chi connectivity index (χ0v) is 11.4. The van der Waals surface area contributed by atoms with Crippen molar-refractivity contribution in [1.82, 2.24) is 5.32 Å². The van der Waals surface area contributed by atoms with Gasteiger partial charge in [0.05, 0.1) is 0 Å².